The van der Waals surface area contributed by atoms with Crippen molar-refractivity contribution in [1.82, 2.24) is 9.97 Å². The van der Waals surface area contributed by atoms with Crippen LogP contribution in [-0.2, 0) is 10.0 Å². The molecule has 0 unspecified atom stereocenters. The zero-order valence-corrected chi connectivity index (χ0v) is 12.0. The molecular weight excluding hydrogens is 323 g/mol. The highest BCUT2D eigenvalue weighted by atomic mass is 35.5. The fourth-order valence-electron chi connectivity index (χ4n) is 1.43. The van der Waals surface area contributed by atoms with E-state index in [0.717, 1.165) is 0 Å². The zero-order valence-electron chi connectivity index (χ0n) is 9.71. The minimum atomic E-state index is -3.97. The maximum Gasteiger partial charge on any atom is 0.264 e. The molecule has 0 saturated heterocycles. The largest absolute Gasteiger partial charge is 0.264 e. The first-order chi connectivity index (χ1) is 9.42. The Morgan fingerprint density at radius 3 is 2.55 bits per heavy atom. The van der Waals surface area contributed by atoms with Crippen molar-refractivity contribution in [2.45, 2.75) is 4.90 Å². The molecule has 1 heterocycles. The molecule has 0 bridgehead atoms. The van der Waals surface area contributed by atoms with Gasteiger partial charge < -0.3 is 0 Å². The van der Waals surface area contributed by atoms with Crippen LogP contribution >= 0.6 is 23.2 Å². The van der Waals surface area contributed by atoms with Gasteiger partial charge in [-0.15, -0.1) is 0 Å². The first-order valence-electron chi connectivity index (χ1n) is 5.14. The van der Waals surface area contributed by atoms with E-state index in [9.17, 15) is 8.42 Å². The van der Waals surface area contributed by atoms with Gasteiger partial charge in [-0.2, -0.15) is 10.2 Å². The predicted octanol–water partition coefficient (Wildman–Crippen LogP) is 2.46. The van der Waals surface area contributed by atoms with E-state index in [2.05, 4.69) is 14.7 Å². The van der Waals surface area contributed by atoms with E-state index in [4.69, 9.17) is 28.5 Å². The second-order valence-electron chi connectivity index (χ2n) is 3.56. The van der Waals surface area contributed by atoms with E-state index in [-0.39, 0.29) is 26.7 Å². The molecule has 0 aliphatic carbocycles. The highest BCUT2D eigenvalue weighted by Gasteiger charge is 2.19. The molecule has 1 aromatic heterocycles. The Kier molecular flexibility index (Phi) is 4.09. The summed E-state index contributed by atoms with van der Waals surface area (Å²) >= 11 is 11.3. The van der Waals surface area contributed by atoms with E-state index >= 15 is 0 Å². The van der Waals surface area contributed by atoms with Gasteiger partial charge in [0.1, 0.15) is 21.9 Å². The van der Waals surface area contributed by atoms with E-state index in [0.29, 0.717) is 0 Å². The third kappa shape index (κ3) is 3.17. The molecule has 20 heavy (non-hydrogen) atoms. The lowest BCUT2D eigenvalue weighted by Crippen LogP contribution is -2.15. The number of sulfonamides is 1. The van der Waals surface area contributed by atoms with Crippen LogP contribution < -0.4 is 4.72 Å². The first kappa shape index (κ1) is 14.5. The van der Waals surface area contributed by atoms with Gasteiger partial charge in [0.25, 0.3) is 10.0 Å². The molecule has 0 radical (unpaired) electrons. The Balaban J connectivity index is 2.44. The molecule has 9 heteroatoms. The van der Waals surface area contributed by atoms with Crippen LogP contribution in [0.1, 0.15) is 5.56 Å². The van der Waals surface area contributed by atoms with Crippen molar-refractivity contribution >= 4 is 39.0 Å². The van der Waals surface area contributed by atoms with E-state index < -0.39 is 10.0 Å². The summed E-state index contributed by atoms with van der Waals surface area (Å²) < 4.78 is 26.6. The van der Waals surface area contributed by atoms with E-state index in [1.165, 1.54) is 24.3 Å². The second kappa shape index (κ2) is 5.63. The molecule has 6 nitrogen and oxygen atoms in total. The number of halogens is 2. The number of rotatable bonds is 3. The average Bonchev–Trinajstić information content (AvgIpc) is 2.36. The topological polar surface area (TPSA) is 95.7 Å². The summed E-state index contributed by atoms with van der Waals surface area (Å²) in [6, 6.07) is 8.80. The van der Waals surface area contributed by atoms with Crippen LogP contribution in [0.3, 0.4) is 0 Å². The SMILES string of the molecule is N#Cc1ccccc1S(=O)(=O)Nc1cc(Cl)nc(Cl)n1. The van der Waals surface area contributed by atoms with E-state index in [1.54, 1.807) is 12.1 Å². The second-order valence-corrected chi connectivity index (χ2v) is 5.93. The van der Waals surface area contributed by atoms with Gasteiger partial charge in [0, 0.05) is 6.07 Å². The Labute approximate surface area is 125 Å². The van der Waals surface area contributed by atoms with Crippen molar-refractivity contribution in [3.8, 4) is 6.07 Å². The first-order valence-corrected chi connectivity index (χ1v) is 7.38. The fourth-order valence-corrected chi connectivity index (χ4v) is 2.99. The number of benzene rings is 1. The normalized spacial score (nSPS) is 10.8. The van der Waals surface area contributed by atoms with Gasteiger partial charge in [-0.1, -0.05) is 23.7 Å². The summed E-state index contributed by atoms with van der Waals surface area (Å²) in [5.41, 5.74) is 0.0197. The molecule has 0 aliphatic rings. The Morgan fingerprint density at radius 2 is 1.90 bits per heavy atom. The summed E-state index contributed by atoms with van der Waals surface area (Å²) in [5, 5.41) is 8.73. The molecule has 2 aromatic rings. The Hall–Kier alpha value is -1.88. The van der Waals surface area contributed by atoms with Gasteiger partial charge in [0.2, 0.25) is 5.28 Å². The number of anilines is 1. The molecule has 0 aliphatic heterocycles. The van der Waals surface area contributed by atoms with Crippen LogP contribution in [-0.4, -0.2) is 18.4 Å². The molecule has 102 valence electrons. The monoisotopic (exact) mass is 328 g/mol. The van der Waals surface area contributed by atoms with Crippen LogP contribution in [0.4, 0.5) is 5.82 Å². The molecule has 0 spiro atoms. The van der Waals surface area contributed by atoms with Crippen molar-refractivity contribution in [3.05, 3.63) is 46.3 Å². The third-order valence-electron chi connectivity index (χ3n) is 2.20. The minimum Gasteiger partial charge on any atom is -0.263 e. The van der Waals surface area contributed by atoms with Gasteiger partial charge in [-0.05, 0) is 23.7 Å². The fraction of sp³-hybridized carbons (Fsp3) is 0. The standard InChI is InChI=1S/C11H6Cl2N4O2S/c12-9-5-10(16-11(13)15-9)17-20(18,19)8-4-2-1-3-7(8)6-14/h1-5H,(H,15,16,17). The highest BCUT2D eigenvalue weighted by Crippen LogP contribution is 2.20. The van der Waals surface area contributed by atoms with Gasteiger partial charge in [0.15, 0.2) is 0 Å². The number of nitrogens with one attached hydrogen (secondary N) is 1. The van der Waals surface area contributed by atoms with Crippen molar-refractivity contribution in [1.29, 1.82) is 5.26 Å². The smallest absolute Gasteiger partial charge is 0.263 e. The number of hydrogen-bond donors (Lipinski definition) is 1. The lowest BCUT2D eigenvalue weighted by molar-refractivity contribution is 0.601. The third-order valence-corrected chi connectivity index (χ3v) is 3.98. The molecule has 0 saturated carbocycles. The van der Waals surface area contributed by atoms with Gasteiger partial charge in [-0.25, -0.2) is 13.4 Å². The van der Waals surface area contributed by atoms with Crippen LogP contribution in [0.25, 0.3) is 0 Å². The summed E-state index contributed by atoms with van der Waals surface area (Å²) in [5.74, 6) is -0.0808. The summed E-state index contributed by atoms with van der Waals surface area (Å²) in [6.45, 7) is 0. The van der Waals surface area contributed by atoms with Crippen LogP contribution in [0, 0.1) is 11.3 Å². The van der Waals surface area contributed by atoms with E-state index in [1.807, 2.05) is 0 Å². The van der Waals surface area contributed by atoms with Crippen LogP contribution in [0.2, 0.25) is 10.4 Å². The lowest BCUT2D eigenvalue weighted by Gasteiger charge is -2.08. The minimum absolute atomic E-state index is 0.00346. The Morgan fingerprint density at radius 1 is 1.20 bits per heavy atom. The summed E-state index contributed by atoms with van der Waals surface area (Å²) in [7, 11) is -3.97. The van der Waals surface area contributed by atoms with Crippen LogP contribution in [0.15, 0.2) is 35.2 Å². The van der Waals surface area contributed by atoms with Crippen molar-refractivity contribution in [3.63, 3.8) is 0 Å². The number of nitriles is 1. The zero-order chi connectivity index (χ0) is 14.8. The van der Waals surface area contributed by atoms with Crippen molar-refractivity contribution in [2.24, 2.45) is 0 Å². The predicted molar refractivity (Wildman–Crippen MR) is 74.0 cm³/mol. The molecule has 0 fully saturated rings. The molecule has 2 rings (SSSR count). The molecule has 1 N–H and O–H groups in total. The van der Waals surface area contributed by atoms with Gasteiger partial charge in [0.05, 0.1) is 5.56 Å². The van der Waals surface area contributed by atoms with Gasteiger partial charge in [-0.3, -0.25) is 4.72 Å². The molecular formula is C11H6Cl2N4O2S. The van der Waals surface area contributed by atoms with Crippen LogP contribution in [0.5, 0.6) is 0 Å². The number of nitrogens with zero attached hydrogens (tertiary/aromatic N) is 3. The van der Waals surface area contributed by atoms with Crippen molar-refractivity contribution in [2.75, 3.05) is 4.72 Å². The Bertz CT molecular complexity index is 782. The average molecular weight is 329 g/mol. The van der Waals surface area contributed by atoms with Crippen molar-refractivity contribution < 1.29 is 8.42 Å². The molecule has 1 aromatic carbocycles. The van der Waals surface area contributed by atoms with Gasteiger partial charge >= 0.3 is 0 Å². The number of aromatic nitrogens is 2. The highest BCUT2D eigenvalue weighted by molar-refractivity contribution is 7.92. The maximum atomic E-state index is 12.2. The summed E-state index contributed by atoms with van der Waals surface area (Å²) in [4.78, 5) is 7.14. The lowest BCUT2D eigenvalue weighted by atomic mass is 10.2. The number of hydrogen-bond acceptors (Lipinski definition) is 5. The maximum absolute atomic E-state index is 12.2. The molecule has 0 atom stereocenters. The summed E-state index contributed by atoms with van der Waals surface area (Å²) in [6.07, 6.45) is 0. The molecule has 0 amide bonds. The quantitative estimate of drug-likeness (QED) is 0.689.